The van der Waals surface area contributed by atoms with Crippen molar-refractivity contribution in [2.45, 2.75) is 19.8 Å². The predicted octanol–water partition coefficient (Wildman–Crippen LogP) is 3.17. The monoisotopic (exact) mass is 199 g/mol. The Labute approximate surface area is 89.0 Å². The van der Waals surface area contributed by atoms with Crippen molar-refractivity contribution in [2.24, 2.45) is 0 Å². The number of nitrogens with zero attached hydrogens (tertiary/aromatic N) is 1. The largest absolute Gasteiger partial charge is 0.298 e. The molecule has 0 saturated carbocycles. The third-order valence-electron chi connectivity index (χ3n) is 2.46. The summed E-state index contributed by atoms with van der Waals surface area (Å²) in [5, 5.41) is 1.02. The highest BCUT2D eigenvalue weighted by atomic mass is 16.1. The van der Waals surface area contributed by atoms with Crippen molar-refractivity contribution in [3.63, 3.8) is 0 Å². The zero-order chi connectivity index (χ0) is 10.8. The Morgan fingerprint density at radius 3 is 2.67 bits per heavy atom. The molecule has 2 heteroatoms. The number of fused-ring (bicyclic) bond motifs is 1. The quantitative estimate of drug-likeness (QED) is 0.695. The summed E-state index contributed by atoms with van der Waals surface area (Å²) in [5.74, 6) is 0.431. The fraction of sp³-hybridized carbons (Fsp3) is 0.231. The summed E-state index contributed by atoms with van der Waals surface area (Å²) >= 11 is 0. The molecule has 0 radical (unpaired) electrons. The molecule has 0 spiro atoms. The predicted molar refractivity (Wildman–Crippen MR) is 61.2 cm³/mol. The fourth-order valence-corrected chi connectivity index (χ4v) is 1.55. The maximum atomic E-state index is 10.6. The number of aldehydes is 1. The Bertz CT molecular complexity index is 503. The molecular weight excluding hydrogens is 186 g/mol. The van der Waals surface area contributed by atoms with E-state index < -0.39 is 0 Å². The van der Waals surface area contributed by atoms with Crippen molar-refractivity contribution in [2.75, 3.05) is 0 Å². The lowest BCUT2D eigenvalue weighted by molar-refractivity contribution is 0.112. The maximum Gasteiger partial charge on any atom is 0.150 e. The van der Waals surface area contributed by atoms with Gasteiger partial charge in [0.25, 0.3) is 0 Å². The van der Waals surface area contributed by atoms with E-state index in [4.69, 9.17) is 0 Å². The molecule has 0 aliphatic heterocycles. The number of benzene rings is 1. The molecule has 0 amide bonds. The van der Waals surface area contributed by atoms with Crippen molar-refractivity contribution >= 4 is 17.2 Å². The molecule has 0 atom stereocenters. The SMILES string of the molecule is CC(C)c1ccc2cc(C=O)ccc2n1. The Balaban J connectivity index is 2.59. The summed E-state index contributed by atoms with van der Waals surface area (Å²) in [6, 6.07) is 9.59. The van der Waals surface area contributed by atoms with E-state index in [1.807, 2.05) is 24.3 Å². The van der Waals surface area contributed by atoms with Crippen LogP contribution in [0.15, 0.2) is 30.3 Å². The molecule has 1 aromatic heterocycles. The minimum Gasteiger partial charge on any atom is -0.298 e. The molecule has 1 aromatic carbocycles. The number of carbonyl (C=O) groups excluding carboxylic acids is 1. The Kier molecular flexibility index (Phi) is 2.50. The van der Waals surface area contributed by atoms with Gasteiger partial charge in [-0.3, -0.25) is 9.78 Å². The highest BCUT2D eigenvalue weighted by molar-refractivity contribution is 5.86. The Morgan fingerprint density at radius 1 is 1.20 bits per heavy atom. The third kappa shape index (κ3) is 1.89. The lowest BCUT2D eigenvalue weighted by Crippen LogP contribution is -1.92. The molecule has 2 nitrogen and oxygen atoms in total. The number of hydrogen-bond donors (Lipinski definition) is 0. The van der Waals surface area contributed by atoms with Crippen LogP contribution in [0.4, 0.5) is 0 Å². The van der Waals surface area contributed by atoms with Crippen LogP contribution in [0.3, 0.4) is 0 Å². The van der Waals surface area contributed by atoms with Gasteiger partial charge in [0.05, 0.1) is 5.52 Å². The van der Waals surface area contributed by atoms with E-state index in [-0.39, 0.29) is 0 Å². The van der Waals surface area contributed by atoms with Crippen LogP contribution in [0.1, 0.15) is 35.8 Å². The van der Waals surface area contributed by atoms with E-state index in [2.05, 4.69) is 18.8 Å². The van der Waals surface area contributed by atoms with Crippen LogP contribution in [-0.2, 0) is 0 Å². The first-order chi connectivity index (χ1) is 7.20. The summed E-state index contributed by atoms with van der Waals surface area (Å²) in [5.41, 5.74) is 2.73. The number of aromatic nitrogens is 1. The van der Waals surface area contributed by atoms with E-state index in [9.17, 15) is 4.79 Å². The average molecular weight is 199 g/mol. The van der Waals surface area contributed by atoms with Gasteiger partial charge in [-0.1, -0.05) is 19.9 Å². The number of carbonyl (C=O) groups is 1. The number of pyridine rings is 1. The standard InChI is InChI=1S/C13H13NO/c1-9(2)12-6-4-11-7-10(8-15)3-5-13(11)14-12/h3-9H,1-2H3. The Morgan fingerprint density at radius 2 is 2.00 bits per heavy atom. The fourth-order valence-electron chi connectivity index (χ4n) is 1.55. The second-order valence-corrected chi connectivity index (χ2v) is 3.96. The van der Waals surface area contributed by atoms with E-state index in [1.54, 1.807) is 6.07 Å². The zero-order valence-corrected chi connectivity index (χ0v) is 8.90. The van der Waals surface area contributed by atoms with Crippen LogP contribution in [0.2, 0.25) is 0 Å². The second-order valence-electron chi connectivity index (χ2n) is 3.96. The van der Waals surface area contributed by atoms with E-state index in [0.29, 0.717) is 11.5 Å². The maximum absolute atomic E-state index is 10.6. The summed E-state index contributed by atoms with van der Waals surface area (Å²) in [6.45, 7) is 4.24. The summed E-state index contributed by atoms with van der Waals surface area (Å²) in [6.07, 6.45) is 0.857. The highest BCUT2D eigenvalue weighted by Gasteiger charge is 2.02. The van der Waals surface area contributed by atoms with Gasteiger partial charge in [0.15, 0.2) is 0 Å². The molecule has 76 valence electrons. The van der Waals surface area contributed by atoms with Crippen molar-refractivity contribution in [3.05, 3.63) is 41.6 Å². The third-order valence-corrected chi connectivity index (χ3v) is 2.46. The first-order valence-corrected chi connectivity index (χ1v) is 5.06. The van der Waals surface area contributed by atoms with Gasteiger partial charge in [-0.25, -0.2) is 0 Å². The summed E-state index contributed by atoms with van der Waals surface area (Å²) < 4.78 is 0. The van der Waals surface area contributed by atoms with Crippen LogP contribution in [0, 0.1) is 0 Å². The van der Waals surface area contributed by atoms with E-state index >= 15 is 0 Å². The normalized spacial score (nSPS) is 10.9. The van der Waals surface area contributed by atoms with Gasteiger partial charge in [-0.2, -0.15) is 0 Å². The Hall–Kier alpha value is -1.70. The van der Waals surface area contributed by atoms with Gasteiger partial charge in [0.2, 0.25) is 0 Å². The first-order valence-electron chi connectivity index (χ1n) is 5.06. The molecule has 0 aliphatic rings. The molecule has 1 heterocycles. The smallest absolute Gasteiger partial charge is 0.150 e. The molecule has 0 aliphatic carbocycles. The molecule has 2 aromatic rings. The molecular formula is C13H13NO. The van der Waals surface area contributed by atoms with Crippen molar-refractivity contribution in [1.82, 2.24) is 4.98 Å². The van der Waals surface area contributed by atoms with Gasteiger partial charge in [-0.05, 0) is 30.2 Å². The molecule has 0 saturated heterocycles. The van der Waals surface area contributed by atoms with Gasteiger partial charge in [0.1, 0.15) is 6.29 Å². The molecule has 2 rings (SSSR count). The molecule has 15 heavy (non-hydrogen) atoms. The minimum absolute atomic E-state index is 0.431. The first kappa shape index (κ1) is 9.84. The van der Waals surface area contributed by atoms with Gasteiger partial charge in [-0.15, -0.1) is 0 Å². The molecule has 0 fully saturated rings. The van der Waals surface area contributed by atoms with Crippen LogP contribution < -0.4 is 0 Å². The van der Waals surface area contributed by atoms with Gasteiger partial charge in [0, 0.05) is 16.6 Å². The lowest BCUT2D eigenvalue weighted by atomic mass is 10.1. The zero-order valence-electron chi connectivity index (χ0n) is 8.90. The highest BCUT2D eigenvalue weighted by Crippen LogP contribution is 2.18. The van der Waals surface area contributed by atoms with E-state index in [1.165, 1.54) is 0 Å². The lowest BCUT2D eigenvalue weighted by Gasteiger charge is -2.05. The topological polar surface area (TPSA) is 30.0 Å². The van der Waals surface area contributed by atoms with E-state index in [0.717, 1.165) is 22.9 Å². The van der Waals surface area contributed by atoms with Crippen LogP contribution in [-0.4, -0.2) is 11.3 Å². The van der Waals surface area contributed by atoms with Crippen LogP contribution in [0.25, 0.3) is 10.9 Å². The number of hydrogen-bond acceptors (Lipinski definition) is 2. The molecule has 0 bridgehead atoms. The number of rotatable bonds is 2. The average Bonchev–Trinajstić information content (AvgIpc) is 2.27. The molecule has 0 unspecified atom stereocenters. The van der Waals surface area contributed by atoms with Crippen molar-refractivity contribution < 1.29 is 4.79 Å². The van der Waals surface area contributed by atoms with Crippen molar-refractivity contribution in [1.29, 1.82) is 0 Å². The van der Waals surface area contributed by atoms with Crippen LogP contribution >= 0.6 is 0 Å². The van der Waals surface area contributed by atoms with Crippen molar-refractivity contribution in [3.8, 4) is 0 Å². The molecule has 0 N–H and O–H groups in total. The summed E-state index contributed by atoms with van der Waals surface area (Å²) in [7, 11) is 0. The van der Waals surface area contributed by atoms with Crippen LogP contribution in [0.5, 0.6) is 0 Å². The minimum atomic E-state index is 0.431. The van der Waals surface area contributed by atoms with Gasteiger partial charge >= 0.3 is 0 Å². The summed E-state index contributed by atoms with van der Waals surface area (Å²) in [4.78, 5) is 15.1. The second kappa shape index (κ2) is 3.81. The van der Waals surface area contributed by atoms with Gasteiger partial charge < -0.3 is 0 Å².